The zero-order valence-corrected chi connectivity index (χ0v) is 16.7. The number of rotatable bonds is 6. The monoisotopic (exact) mass is 392 g/mol. The second-order valence-corrected chi connectivity index (χ2v) is 7.68. The number of aromatic hydroxyl groups is 1. The Morgan fingerprint density at radius 2 is 1.55 bits per heavy atom. The van der Waals surface area contributed by atoms with Crippen molar-refractivity contribution >= 4 is 10.8 Å². The zero-order chi connectivity index (χ0) is 20.0. The molecule has 5 rings (SSSR count). The second-order valence-electron chi connectivity index (χ2n) is 7.68. The Morgan fingerprint density at radius 1 is 0.897 bits per heavy atom. The summed E-state index contributed by atoms with van der Waals surface area (Å²) in [6.45, 7) is 1.45. The Balaban J connectivity index is 1.84. The third-order valence-corrected chi connectivity index (χ3v) is 6.30. The number of phenolic OH excluding ortho intramolecular Hbond substituents is 1. The predicted octanol–water partition coefficient (Wildman–Crippen LogP) is 4.61. The maximum atomic E-state index is 11.0. The van der Waals surface area contributed by atoms with Crippen LogP contribution in [0, 0.1) is 0 Å². The lowest BCUT2D eigenvalue weighted by molar-refractivity contribution is 0.145. The van der Waals surface area contributed by atoms with Crippen LogP contribution in [0.25, 0.3) is 21.9 Å². The van der Waals surface area contributed by atoms with E-state index in [-0.39, 0.29) is 18.0 Å². The summed E-state index contributed by atoms with van der Waals surface area (Å²) in [5, 5.41) is 12.7. The van der Waals surface area contributed by atoms with Crippen LogP contribution in [0.3, 0.4) is 0 Å². The van der Waals surface area contributed by atoms with Crippen LogP contribution in [-0.2, 0) is 14.9 Å². The van der Waals surface area contributed by atoms with E-state index in [4.69, 9.17) is 18.9 Å². The zero-order valence-electron chi connectivity index (χ0n) is 16.7. The van der Waals surface area contributed by atoms with Crippen LogP contribution in [0.4, 0.5) is 0 Å². The van der Waals surface area contributed by atoms with Crippen molar-refractivity contribution in [3.05, 3.63) is 53.6 Å². The van der Waals surface area contributed by atoms with Crippen LogP contribution >= 0.6 is 0 Å². The van der Waals surface area contributed by atoms with E-state index in [0.717, 1.165) is 34.7 Å². The average Bonchev–Trinajstić information content (AvgIpc) is 3.30. The Bertz CT molecular complexity index is 1080. The lowest BCUT2D eigenvalue weighted by Gasteiger charge is -2.32. The van der Waals surface area contributed by atoms with Crippen molar-refractivity contribution < 1.29 is 24.1 Å². The molecule has 0 amide bonds. The standard InChI is InChI=1S/C24H24O5/c1-26-9-7-24(8-10-27-2)18-6-4-3-5-15(18)23-17-12-22-21(28-14-29-22)11-16(17)20(25)13-19(23)24/h3-6,11-13,25H,7-10,14H2,1-2H3. The number of phenols is 1. The van der Waals surface area contributed by atoms with E-state index >= 15 is 0 Å². The Labute approximate surface area is 169 Å². The highest BCUT2D eigenvalue weighted by atomic mass is 16.7. The average molecular weight is 392 g/mol. The molecule has 1 aliphatic carbocycles. The van der Waals surface area contributed by atoms with Gasteiger partial charge in [-0.1, -0.05) is 24.3 Å². The minimum atomic E-state index is -0.278. The van der Waals surface area contributed by atoms with Gasteiger partial charge in [0.25, 0.3) is 0 Å². The first-order valence-corrected chi connectivity index (χ1v) is 9.87. The fourth-order valence-electron chi connectivity index (χ4n) is 4.94. The van der Waals surface area contributed by atoms with Crippen LogP contribution in [-0.4, -0.2) is 39.3 Å². The summed E-state index contributed by atoms with van der Waals surface area (Å²) in [5.74, 6) is 1.64. The summed E-state index contributed by atoms with van der Waals surface area (Å²) < 4.78 is 22.1. The van der Waals surface area contributed by atoms with Gasteiger partial charge in [0.05, 0.1) is 0 Å². The molecule has 0 bridgehead atoms. The van der Waals surface area contributed by atoms with Crippen LogP contribution in [0.15, 0.2) is 42.5 Å². The van der Waals surface area contributed by atoms with Gasteiger partial charge < -0.3 is 24.1 Å². The predicted molar refractivity (Wildman–Crippen MR) is 111 cm³/mol. The summed E-state index contributed by atoms with van der Waals surface area (Å²) in [5.41, 5.74) is 4.45. The molecule has 1 heterocycles. The third-order valence-electron chi connectivity index (χ3n) is 6.30. The van der Waals surface area contributed by atoms with Gasteiger partial charge in [0.2, 0.25) is 6.79 Å². The normalized spacial score (nSPS) is 15.5. The molecule has 0 fully saturated rings. The summed E-state index contributed by atoms with van der Waals surface area (Å²) in [7, 11) is 3.45. The second kappa shape index (κ2) is 6.94. The van der Waals surface area contributed by atoms with Crippen LogP contribution in [0.5, 0.6) is 17.2 Å². The molecule has 1 aliphatic heterocycles. The van der Waals surface area contributed by atoms with Gasteiger partial charge in [-0.2, -0.15) is 0 Å². The number of fused-ring (bicyclic) bond motifs is 6. The summed E-state index contributed by atoms with van der Waals surface area (Å²) in [4.78, 5) is 0. The Hall–Kier alpha value is -2.76. The van der Waals surface area contributed by atoms with Gasteiger partial charge in [0.1, 0.15) is 5.75 Å². The van der Waals surface area contributed by atoms with Crippen molar-refractivity contribution in [2.45, 2.75) is 18.3 Å². The quantitative estimate of drug-likeness (QED) is 0.664. The van der Waals surface area contributed by atoms with Crippen molar-refractivity contribution in [2.75, 3.05) is 34.2 Å². The van der Waals surface area contributed by atoms with E-state index in [1.165, 1.54) is 11.1 Å². The van der Waals surface area contributed by atoms with Crippen LogP contribution < -0.4 is 9.47 Å². The van der Waals surface area contributed by atoms with Crippen molar-refractivity contribution in [1.82, 2.24) is 0 Å². The molecule has 2 aliphatic rings. The first-order valence-electron chi connectivity index (χ1n) is 9.87. The maximum absolute atomic E-state index is 11.0. The van der Waals surface area contributed by atoms with E-state index < -0.39 is 0 Å². The van der Waals surface area contributed by atoms with Crippen molar-refractivity contribution in [2.24, 2.45) is 0 Å². The van der Waals surface area contributed by atoms with Gasteiger partial charge in [-0.3, -0.25) is 0 Å². The van der Waals surface area contributed by atoms with Gasteiger partial charge in [-0.15, -0.1) is 0 Å². The molecule has 0 saturated heterocycles. The van der Waals surface area contributed by atoms with E-state index in [1.807, 2.05) is 18.2 Å². The summed E-state index contributed by atoms with van der Waals surface area (Å²) in [6.07, 6.45) is 1.62. The molecule has 0 radical (unpaired) electrons. The highest BCUT2D eigenvalue weighted by molar-refractivity contribution is 6.06. The third kappa shape index (κ3) is 2.61. The molecule has 1 N–H and O–H groups in total. The van der Waals surface area contributed by atoms with E-state index in [2.05, 4.69) is 24.3 Å². The summed E-state index contributed by atoms with van der Waals surface area (Å²) >= 11 is 0. The fourth-order valence-corrected chi connectivity index (χ4v) is 4.94. The molecule has 0 atom stereocenters. The highest BCUT2D eigenvalue weighted by Gasteiger charge is 2.44. The lowest BCUT2D eigenvalue weighted by atomic mass is 9.73. The molecular formula is C24H24O5. The lowest BCUT2D eigenvalue weighted by Crippen LogP contribution is -2.28. The van der Waals surface area contributed by atoms with Gasteiger partial charge in [0.15, 0.2) is 11.5 Å². The first kappa shape index (κ1) is 18.3. The number of methoxy groups -OCH3 is 2. The SMILES string of the molecule is COCCC1(CCOC)c2ccccc2-c2c1cc(O)c1cc3c(cc21)OCO3. The molecule has 0 spiro atoms. The molecule has 0 unspecified atom stereocenters. The van der Waals surface area contributed by atoms with Crippen LogP contribution in [0.1, 0.15) is 24.0 Å². The van der Waals surface area contributed by atoms with E-state index in [9.17, 15) is 5.11 Å². The molecule has 0 saturated carbocycles. The number of hydrogen-bond donors (Lipinski definition) is 1. The van der Waals surface area contributed by atoms with Crippen molar-refractivity contribution in [1.29, 1.82) is 0 Å². The number of hydrogen-bond acceptors (Lipinski definition) is 5. The maximum Gasteiger partial charge on any atom is 0.231 e. The van der Waals surface area contributed by atoms with Gasteiger partial charge in [-0.25, -0.2) is 0 Å². The van der Waals surface area contributed by atoms with Crippen molar-refractivity contribution in [3.63, 3.8) is 0 Å². The minimum Gasteiger partial charge on any atom is -0.507 e. The van der Waals surface area contributed by atoms with Gasteiger partial charge >= 0.3 is 0 Å². The number of ether oxygens (including phenoxy) is 4. The topological polar surface area (TPSA) is 57.2 Å². The van der Waals surface area contributed by atoms with Crippen molar-refractivity contribution in [3.8, 4) is 28.4 Å². The first-order chi connectivity index (χ1) is 14.2. The minimum absolute atomic E-state index is 0.205. The molecule has 3 aromatic rings. The summed E-state index contributed by atoms with van der Waals surface area (Å²) in [6, 6.07) is 14.3. The molecule has 5 nitrogen and oxygen atoms in total. The van der Waals surface area contributed by atoms with E-state index in [0.29, 0.717) is 24.7 Å². The van der Waals surface area contributed by atoms with Crippen LogP contribution in [0.2, 0.25) is 0 Å². The molecule has 5 heteroatoms. The molecule has 29 heavy (non-hydrogen) atoms. The van der Waals surface area contributed by atoms with Gasteiger partial charge in [-0.05, 0) is 58.7 Å². The molecule has 3 aromatic carbocycles. The Morgan fingerprint density at radius 3 is 2.24 bits per heavy atom. The van der Waals surface area contributed by atoms with Gasteiger partial charge in [0, 0.05) is 38.2 Å². The highest BCUT2D eigenvalue weighted by Crippen LogP contribution is 2.57. The number of benzene rings is 3. The smallest absolute Gasteiger partial charge is 0.231 e. The Kier molecular flexibility index (Phi) is 4.37. The molecule has 150 valence electrons. The molecule has 0 aromatic heterocycles. The molecular weight excluding hydrogens is 368 g/mol. The van der Waals surface area contributed by atoms with E-state index in [1.54, 1.807) is 14.2 Å². The largest absolute Gasteiger partial charge is 0.507 e. The fraction of sp³-hybridized carbons (Fsp3) is 0.333.